The molecule has 1 aliphatic carbocycles. The van der Waals surface area contributed by atoms with Crippen LogP contribution in [0.15, 0.2) is 29.7 Å². The molecule has 0 aliphatic heterocycles. The molecule has 0 bridgehead atoms. The summed E-state index contributed by atoms with van der Waals surface area (Å²) in [6.07, 6.45) is 4.81. The number of rotatable bonds is 0. The molecule has 0 heterocycles. The van der Waals surface area contributed by atoms with E-state index in [-0.39, 0.29) is 60.1 Å². The molecule has 0 spiro atoms. The minimum atomic E-state index is 0. The predicted octanol–water partition coefficient (Wildman–Crippen LogP) is -3.21. The second-order valence-corrected chi connectivity index (χ2v) is 1.69. The van der Waals surface area contributed by atoms with E-state index in [4.69, 9.17) is 0 Å². The predicted molar refractivity (Wildman–Crippen MR) is 41.2 cm³/mol. The van der Waals surface area contributed by atoms with E-state index in [2.05, 4.69) is 5.73 Å². The van der Waals surface area contributed by atoms with Crippen LogP contribution in [0, 0.1) is 5.92 Å². The molecule has 0 aromatic heterocycles. The molecule has 11 heavy (non-hydrogen) atoms. The van der Waals surface area contributed by atoms with Gasteiger partial charge in [-0.05, 0) is 12.2 Å². The molecule has 0 aromatic rings. The van der Waals surface area contributed by atoms with Gasteiger partial charge in [0.25, 0.3) is 0 Å². The van der Waals surface area contributed by atoms with Gasteiger partial charge in [0.2, 0.25) is 0 Å². The molecule has 0 saturated heterocycles. The standard InChI is InChI=1S/C7H7O.ClH.Li.Mg/c1-6-4-2-3-5-7(6)8;;;/h3-5,8H,1H3;1H;;/q;;;+2/p-2. The average Bonchev–Trinajstić information content (AvgIpc) is 1.77. The van der Waals surface area contributed by atoms with Gasteiger partial charge in [-0.2, -0.15) is 0 Å². The SMILES string of the molecule is C[C]1C=C=CC=C1[O-].[Cl-].[Li].[Mg+2]. The van der Waals surface area contributed by atoms with Crippen molar-refractivity contribution in [1.82, 2.24) is 0 Å². The smallest absolute Gasteiger partial charge is 1.00 e. The second-order valence-electron chi connectivity index (χ2n) is 1.69. The van der Waals surface area contributed by atoms with Gasteiger partial charge in [-0.25, -0.2) is 0 Å². The van der Waals surface area contributed by atoms with E-state index >= 15 is 0 Å². The minimum absolute atomic E-state index is 0. The summed E-state index contributed by atoms with van der Waals surface area (Å²) in [5.41, 5.74) is 2.80. The molecule has 0 aromatic carbocycles. The number of allylic oxidation sites excluding steroid dienone is 2. The number of halogens is 1. The summed E-state index contributed by atoms with van der Waals surface area (Å²) in [6.45, 7) is 1.78. The van der Waals surface area contributed by atoms with E-state index in [1.165, 1.54) is 6.08 Å². The van der Waals surface area contributed by atoms with Crippen LogP contribution in [0.2, 0.25) is 0 Å². The van der Waals surface area contributed by atoms with Crippen molar-refractivity contribution in [3.05, 3.63) is 35.6 Å². The Balaban J connectivity index is -0.000000213. The van der Waals surface area contributed by atoms with Crippen molar-refractivity contribution < 1.29 is 17.5 Å². The first-order valence-corrected chi connectivity index (χ1v) is 2.44. The Labute approximate surface area is 101 Å². The summed E-state index contributed by atoms with van der Waals surface area (Å²) in [5, 5.41) is 10.6. The van der Waals surface area contributed by atoms with Gasteiger partial charge in [-0.15, -0.1) is 11.5 Å². The van der Waals surface area contributed by atoms with Crippen LogP contribution in [-0.4, -0.2) is 41.9 Å². The van der Waals surface area contributed by atoms with Crippen molar-refractivity contribution in [2.75, 3.05) is 0 Å². The van der Waals surface area contributed by atoms with Gasteiger partial charge in [0.15, 0.2) is 0 Å². The van der Waals surface area contributed by atoms with Gasteiger partial charge in [0.1, 0.15) is 0 Å². The largest absolute Gasteiger partial charge is 2.00 e. The van der Waals surface area contributed by atoms with Crippen molar-refractivity contribution in [3.63, 3.8) is 0 Å². The molecule has 0 saturated carbocycles. The third-order valence-electron chi connectivity index (χ3n) is 1.02. The zero-order chi connectivity index (χ0) is 5.98. The molecule has 0 N–H and O–H groups in total. The molecule has 1 aliphatic rings. The summed E-state index contributed by atoms with van der Waals surface area (Å²) in [4.78, 5) is 0. The Morgan fingerprint density at radius 3 is 2.27 bits per heavy atom. The van der Waals surface area contributed by atoms with Crippen molar-refractivity contribution >= 4 is 41.9 Å². The average molecular weight is 173 g/mol. The van der Waals surface area contributed by atoms with E-state index < -0.39 is 0 Å². The van der Waals surface area contributed by atoms with Gasteiger partial charge in [0.05, 0.1) is 0 Å². The van der Waals surface area contributed by atoms with E-state index in [1.54, 1.807) is 19.1 Å². The molecule has 0 atom stereocenters. The van der Waals surface area contributed by atoms with Gasteiger partial charge in [-0.1, -0.05) is 13.0 Å². The minimum Gasteiger partial charge on any atom is -1.00 e. The second kappa shape index (κ2) is 8.81. The summed E-state index contributed by atoms with van der Waals surface area (Å²) in [5.74, 6) is 0.844. The van der Waals surface area contributed by atoms with Crippen LogP contribution >= 0.6 is 0 Å². The normalized spacial score (nSPS) is 13.7. The molecular formula is C7H6ClLiMgO. The maximum atomic E-state index is 10.6. The van der Waals surface area contributed by atoms with E-state index in [1.807, 2.05) is 0 Å². The zero-order valence-corrected chi connectivity index (χ0v) is 8.90. The number of hydrogen-bond donors (Lipinski definition) is 0. The fourth-order valence-corrected chi connectivity index (χ4v) is 0.499. The van der Waals surface area contributed by atoms with Crippen molar-refractivity contribution in [2.24, 2.45) is 0 Å². The van der Waals surface area contributed by atoms with Crippen LogP contribution in [0.5, 0.6) is 0 Å². The van der Waals surface area contributed by atoms with Crippen LogP contribution in [-0.2, 0) is 0 Å². The van der Waals surface area contributed by atoms with Crippen molar-refractivity contribution in [1.29, 1.82) is 0 Å². The van der Waals surface area contributed by atoms with Gasteiger partial charge in [-0.3, -0.25) is 0 Å². The third kappa shape index (κ3) is 5.93. The number of hydrogen-bond acceptors (Lipinski definition) is 1. The van der Waals surface area contributed by atoms with Crippen LogP contribution in [0.3, 0.4) is 0 Å². The summed E-state index contributed by atoms with van der Waals surface area (Å²) in [7, 11) is 0. The molecule has 2 radical (unpaired) electrons. The van der Waals surface area contributed by atoms with E-state index in [9.17, 15) is 5.11 Å². The van der Waals surface area contributed by atoms with Crippen LogP contribution in [0.4, 0.5) is 0 Å². The monoisotopic (exact) mass is 172 g/mol. The Morgan fingerprint density at radius 2 is 2.00 bits per heavy atom. The summed E-state index contributed by atoms with van der Waals surface area (Å²) >= 11 is 0. The quantitative estimate of drug-likeness (QED) is 0.279. The first-order valence-electron chi connectivity index (χ1n) is 2.44. The molecule has 0 amide bonds. The van der Waals surface area contributed by atoms with E-state index in [0.29, 0.717) is 0 Å². The molecular weight excluding hydrogens is 167 g/mol. The summed E-state index contributed by atoms with van der Waals surface area (Å²) < 4.78 is 0. The first kappa shape index (κ1) is 17.7. The molecule has 0 unspecified atom stereocenters. The van der Waals surface area contributed by atoms with Crippen LogP contribution < -0.4 is 17.5 Å². The molecule has 1 rings (SSSR count). The van der Waals surface area contributed by atoms with Crippen LogP contribution in [0.25, 0.3) is 0 Å². The van der Waals surface area contributed by atoms with E-state index in [0.717, 1.165) is 5.92 Å². The van der Waals surface area contributed by atoms with Crippen molar-refractivity contribution in [2.45, 2.75) is 6.92 Å². The topological polar surface area (TPSA) is 23.1 Å². The first-order chi connectivity index (χ1) is 3.80. The summed E-state index contributed by atoms with van der Waals surface area (Å²) in [6, 6.07) is 0. The zero-order valence-electron chi connectivity index (χ0n) is 6.73. The third-order valence-corrected chi connectivity index (χ3v) is 1.02. The van der Waals surface area contributed by atoms with Crippen LogP contribution in [0.1, 0.15) is 6.92 Å². The molecule has 50 valence electrons. The van der Waals surface area contributed by atoms with Crippen molar-refractivity contribution in [3.8, 4) is 0 Å². The van der Waals surface area contributed by atoms with Gasteiger partial charge in [0, 0.05) is 24.8 Å². The molecule has 4 heteroatoms. The maximum Gasteiger partial charge on any atom is 2.00 e. The Hall–Kier alpha value is 0.714. The maximum absolute atomic E-state index is 10.6. The van der Waals surface area contributed by atoms with Gasteiger partial charge < -0.3 is 17.5 Å². The fourth-order valence-electron chi connectivity index (χ4n) is 0.499. The molecule has 1 nitrogen and oxygen atoms in total. The Morgan fingerprint density at radius 1 is 1.45 bits per heavy atom. The fraction of sp³-hybridized carbons (Fsp3) is 0.143. The molecule has 0 fully saturated rings. The van der Waals surface area contributed by atoms with Gasteiger partial charge >= 0.3 is 23.1 Å². The Bertz CT molecular complexity index is 185. The Kier molecular flexibility index (Phi) is 14.2.